The van der Waals surface area contributed by atoms with Crippen LogP contribution in [-0.2, 0) is 23.7 Å². The van der Waals surface area contributed by atoms with Crippen molar-refractivity contribution in [3.63, 3.8) is 0 Å². The highest BCUT2D eigenvalue weighted by atomic mass is 16.7. The van der Waals surface area contributed by atoms with Gasteiger partial charge in [0.2, 0.25) is 0 Å². The molecule has 0 saturated carbocycles. The van der Waals surface area contributed by atoms with Crippen LogP contribution in [0.3, 0.4) is 0 Å². The van der Waals surface area contributed by atoms with Crippen molar-refractivity contribution < 1.29 is 74.7 Å². The number of hydrogen-bond donors (Lipinski definition) is 10. The second-order valence-electron chi connectivity index (χ2n) is 8.73. The van der Waals surface area contributed by atoms with Gasteiger partial charge in [0.05, 0.1) is 25.9 Å². The Morgan fingerprint density at radius 2 is 0.882 bits per heavy atom. The minimum atomic E-state index is -1.74. The molecule has 15 heteroatoms. The summed E-state index contributed by atoms with van der Waals surface area (Å²) in [6.07, 6.45) is -21.9. The van der Waals surface area contributed by atoms with Crippen LogP contribution in [0.15, 0.2) is 0 Å². The SMILES string of the molecule is CC1OC(COC2OC(COC3OC(CO)C(O)C(O)C3O)C(O)C(O)C2O)C(O)C(O)C1O. The average Bonchev–Trinajstić information content (AvgIpc) is 2.82. The monoisotopic (exact) mass is 502 g/mol. The van der Waals surface area contributed by atoms with Crippen molar-refractivity contribution in [3.8, 4) is 0 Å². The van der Waals surface area contributed by atoms with Gasteiger partial charge in [-0.3, -0.25) is 0 Å². The zero-order valence-corrected chi connectivity index (χ0v) is 18.3. The quantitative estimate of drug-likeness (QED) is 0.155. The van der Waals surface area contributed by atoms with Crippen LogP contribution in [0.5, 0.6) is 0 Å². The van der Waals surface area contributed by atoms with Gasteiger partial charge in [-0.05, 0) is 6.92 Å². The zero-order chi connectivity index (χ0) is 25.3. The summed E-state index contributed by atoms with van der Waals surface area (Å²) in [6.45, 7) is -0.142. The Bertz CT molecular complexity index is 639. The molecule has 0 aliphatic carbocycles. The Balaban J connectivity index is 1.58. The van der Waals surface area contributed by atoms with Crippen molar-refractivity contribution >= 4 is 0 Å². The van der Waals surface area contributed by atoms with E-state index in [1.54, 1.807) is 0 Å². The minimum Gasteiger partial charge on any atom is -0.394 e. The van der Waals surface area contributed by atoms with Gasteiger partial charge in [0.15, 0.2) is 12.6 Å². The smallest absolute Gasteiger partial charge is 0.186 e. The maximum Gasteiger partial charge on any atom is 0.186 e. The number of ether oxygens (including phenoxy) is 5. The first-order valence-corrected chi connectivity index (χ1v) is 10.9. The van der Waals surface area contributed by atoms with E-state index in [9.17, 15) is 51.1 Å². The van der Waals surface area contributed by atoms with E-state index in [0.29, 0.717) is 0 Å². The fraction of sp³-hybridized carbons (Fsp3) is 1.00. The van der Waals surface area contributed by atoms with Gasteiger partial charge in [-0.2, -0.15) is 0 Å². The lowest BCUT2D eigenvalue weighted by Crippen LogP contribution is -2.62. The van der Waals surface area contributed by atoms with Gasteiger partial charge in [-0.1, -0.05) is 0 Å². The third-order valence-corrected chi connectivity index (χ3v) is 6.32. The molecule has 34 heavy (non-hydrogen) atoms. The second-order valence-corrected chi connectivity index (χ2v) is 8.73. The number of hydrogen-bond acceptors (Lipinski definition) is 15. The molecule has 200 valence electrons. The van der Waals surface area contributed by atoms with Crippen LogP contribution in [0.1, 0.15) is 6.92 Å². The molecule has 3 aliphatic heterocycles. The van der Waals surface area contributed by atoms with E-state index < -0.39 is 112 Å². The third-order valence-electron chi connectivity index (χ3n) is 6.32. The molecule has 15 unspecified atom stereocenters. The summed E-state index contributed by atoms with van der Waals surface area (Å²) >= 11 is 0. The summed E-state index contributed by atoms with van der Waals surface area (Å²) in [5, 5.41) is 99.3. The minimum absolute atomic E-state index is 0.417. The molecule has 3 saturated heterocycles. The fourth-order valence-electron chi connectivity index (χ4n) is 4.05. The van der Waals surface area contributed by atoms with Crippen molar-refractivity contribution in [3.05, 3.63) is 0 Å². The van der Waals surface area contributed by atoms with Gasteiger partial charge in [0, 0.05) is 0 Å². The Kier molecular flexibility index (Phi) is 9.57. The van der Waals surface area contributed by atoms with Gasteiger partial charge in [0.1, 0.15) is 73.2 Å². The van der Waals surface area contributed by atoms with Crippen LogP contribution >= 0.6 is 0 Å². The molecule has 0 aromatic carbocycles. The molecule has 0 aromatic rings. The topological polar surface area (TPSA) is 248 Å². The normalized spacial score (nSPS) is 52.5. The highest BCUT2D eigenvalue weighted by molar-refractivity contribution is 4.93. The molecule has 15 nitrogen and oxygen atoms in total. The number of aliphatic hydroxyl groups excluding tert-OH is 10. The van der Waals surface area contributed by atoms with Gasteiger partial charge in [-0.25, -0.2) is 0 Å². The van der Waals surface area contributed by atoms with Gasteiger partial charge >= 0.3 is 0 Å². The highest BCUT2D eigenvalue weighted by Gasteiger charge is 2.48. The van der Waals surface area contributed by atoms with Crippen LogP contribution in [0.4, 0.5) is 0 Å². The maximum atomic E-state index is 10.2. The Hall–Kier alpha value is -0.600. The van der Waals surface area contributed by atoms with E-state index in [0.717, 1.165) is 0 Å². The Morgan fingerprint density at radius 1 is 0.500 bits per heavy atom. The van der Waals surface area contributed by atoms with Crippen molar-refractivity contribution in [2.45, 2.75) is 98.9 Å². The lowest BCUT2D eigenvalue weighted by molar-refractivity contribution is -0.335. The van der Waals surface area contributed by atoms with Crippen molar-refractivity contribution in [1.29, 1.82) is 0 Å². The summed E-state index contributed by atoms with van der Waals surface area (Å²) in [7, 11) is 0. The molecular formula is C19H34O15. The summed E-state index contributed by atoms with van der Waals surface area (Å²) in [4.78, 5) is 0. The molecule has 0 radical (unpaired) electrons. The first kappa shape index (κ1) is 28.0. The number of rotatable bonds is 7. The predicted molar refractivity (Wildman–Crippen MR) is 105 cm³/mol. The standard InChI is InChI=1S/C19H34O15/c1-5-9(21)13(25)11(23)7(32-5)3-30-19-17(29)15(27)12(24)8(34-19)4-31-18-16(28)14(26)10(22)6(2-20)33-18/h5-29H,2-4H2,1H3. The first-order chi connectivity index (χ1) is 16.0. The van der Waals surface area contributed by atoms with E-state index in [1.165, 1.54) is 6.92 Å². The van der Waals surface area contributed by atoms with Gasteiger partial charge < -0.3 is 74.7 Å². The van der Waals surface area contributed by atoms with Crippen molar-refractivity contribution in [2.24, 2.45) is 0 Å². The van der Waals surface area contributed by atoms with Crippen molar-refractivity contribution in [1.82, 2.24) is 0 Å². The van der Waals surface area contributed by atoms with E-state index in [4.69, 9.17) is 23.7 Å². The van der Waals surface area contributed by atoms with Crippen LogP contribution in [-0.4, -0.2) is 163 Å². The maximum absolute atomic E-state index is 10.2. The third kappa shape index (κ3) is 5.69. The largest absolute Gasteiger partial charge is 0.394 e. The van der Waals surface area contributed by atoms with Crippen molar-refractivity contribution in [2.75, 3.05) is 19.8 Å². The summed E-state index contributed by atoms with van der Waals surface area (Å²) in [5.41, 5.74) is 0. The van der Waals surface area contributed by atoms with Gasteiger partial charge in [0.25, 0.3) is 0 Å². The van der Waals surface area contributed by atoms with Crippen LogP contribution in [0.2, 0.25) is 0 Å². The molecule has 0 aromatic heterocycles. The molecule has 15 atom stereocenters. The van der Waals surface area contributed by atoms with E-state index in [1.807, 2.05) is 0 Å². The molecule has 3 heterocycles. The highest BCUT2D eigenvalue weighted by Crippen LogP contribution is 2.27. The lowest BCUT2D eigenvalue weighted by Gasteiger charge is -2.43. The first-order valence-electron chi connectivity index (χ1n) is 10.9. The molecule has 0 bridgehead atoms. The molecular weight excluding hydrogens is 468 g/mol. The van der Waals surface area contributed by atoms with E-state index in [2.05, 4.69) is 0 Å². The van der Waals surface area contributed by atoms with E-state index >= 15 is 0 Å². The summed E-state index contributed by atoms with van der Waals surface area (Å²) in [5.74, 6) is 0. The molecule has 0 spiro atoms. The zero-order valence-electron chi connectivity index (χ0n) is 18.3. The average molecular weight is 502 g/mol. The van der Waals surface area contributed by atoms with Crippen LogP contribution < -0.4 is 0 Å². The Morgan fingerprint density at radius 3 is 1.35 bits per heavy atom. The molecule has 3 aliphatic rings. The fourth-order valence-corrected chi connectivity index (χ4v) is 4.05. The van der Waals surface area contributed by atoms with Crippen LogP contribution in [0.25, 0.3) is 0 Å². The molecule has 0 amide bonds. The Labute approximate surface area is 194 Å². The summed E-state index contributed by atoms with van der Waals surface area (Å²) in [6, 6.07) is 0. The second kappa shape index (κ2) is 11.6. The molecule has 3 fully saturated rings. The summed E-state index contributed by atoms with van der Waals surface area (Å²) < 4.78 is 26.8. The lowest BCUT2D eigenvalue weighted by atomic mass is 9.96. The van der Waals surface area contributed by atoms with Crippen LogP contribution in [0, 0.1) is 0 Å². The predicted octanol–water partition coefficient (Wildman–Crippen LogP) is -6.50. The molecule has 3 rings (SSSR count). The van der Waals surface area contributed by atoms with E-state index in [-0.39, 0.29) is 0 Å². The molecule has 10 N–H and O–H groups in total. The number of aliphatic hydroxyl groups is 10. The van der Waals surface area contributed by atoms with Gasteiger partial charge in [-0.15, -0.1) is 0 Å².